The average Bonchev–Trinajstić information content (AvgIpc) is 0.789. The molecule has 0 fully saturated rings. The van der Waals surface area contributed by atoms with Crippen molar-refractivity contribution in [1.82, 2.24) is 0 Å². The van der Waals surface area contributed by atoms with Crippen molar-refractivity contribution in [2.24, 2.45) is 10.8 Å². The fourth-order valence-corrected chi connectivity index (χ4v) is 30.5. The fourth-order valence-electron chi connectivity index (χ4n) is 20.2. The van der Waals surface area contributed by atoms with E-state index in [0.29, 0.717) is 117 Å². The zero-order valence-corrected chi connectivity index (χ0v) is 96.9. The maximum atomic E-state index is 15.0. The van der Waals surface area contributed by atoms with Crippen molar-refractivity contribution in [1.29, 1.82) is 0 Å². The molecule has 2 atom stereocenters. The van der Waals surface area contributed by atoms with Crippen LogP contribution in [0.1, 0.15) is 261 Å². The molecule has 0 aliphatic carbocycles. The Hall–Kier alpha value is -10.5. The van der Waals surface area contributed by atoms with Crippen LogP contribution in [0, 0.1) is 10.8 Å². The largest absolute Gasteiger partial charge is 0.497 e. The molecule has 22 nitrogen and oxygen atoms in total. The molecule has 28 heteroatoms. The van der Waals surface area contributed by atoms with Crippen LogP contribution in [0.2, 0.25) is 48.4 Å². The molecule has 0 aliphatic heterocycles. The number of hydrogen-bond acceptors (Lipinski definition) is 22. The molecule has 0 spiro atoms. The van der Waals surface area contributed by atoms with Gasteiger partial charge in [-0.1, -0.05) is 241 Å². The first kappa shape index (κ1) is 121. The molecule has 10 aromatic carbocycles. The first-order chi connectivity index (χ1) is 71.6. The lowest BCUT2D eigenvalue weighted by molar-refractivity contribution is -0.432. The second kappa shape index (κ2) is 57.4. The summed E-state index contributed by atoms with van der Waals surface area (Å²) in [6, 6.07) is 77.0. The predicted molar refractivity (Wildman–Crippen MR) is 607 cm³/mol. The number of sulfone groups is 2. The summed E-state index contributed by atoms with van der Waals surface area (Å²) in [5.74, 6) is 5.53. The number of aryl methyl sites for hydroxylation is 4. The first-order valence-corrected chi connectivity index (χ1v) is 64.5. The molecule has 0 amide bonds. The molecule has 814 valence electrons. The second-order valence-electron chi connectivity index (χ2n) is 41.9. The maximum Gasteiger partial charge on any atom is 0.311 e. The van der Waals surface area contributed by atoms with E-state index in [0.717, 1.165) is 149 Å². The van der Waals surface area contributed by atoms with Gasteiger partial charge >= 0.3 is 11.9 Å². The molecule has 0 heterocycles. The summed E-state index contributed by atoms with van der Waals surface area (Å²) in [6.07, 6.45) is 16.8. The van der Waals surface area contributed by atoms with Gasteiger partial charge in [0.05, 0.1) is 100 Å². The van der Waals surface area contributed by atoms with Crippen molar-refractivity contribution in [3.8, 4) is 57.5 Å². The molecule has 10 aromatic rings. The number of rotatable bonds is 67. The van der Waals surface area contributed by atoms with Gasteiger partial charge in [-0.15, -0.1) is 4.33 Å². The Balaban J connectivity index is 0.960. The SMILES string of the molecule is C=C/C(=C\C)OCCCCCCCCOc1ccc(C(C)(C)c2ccc(Oc3ccc(S(=O)(=O)c4ccc(Oc5ccc(C(C)(C)c6ccc(Oc7ccc(S(=O)(=O)c8ccc(OC)cc8)cc7)c(CCC[Si](CC)(CC)CC)c6)cc5CCC[Si](CC)(CC)CC)cc4)cc3)c(CCC(CC(C)(C)C(=O)OC)c3cccc(OCCCS(=O)(=O)O)c3)c2)cc1CCC(CC(C)(C)C(=O)OC)c1cccc(OCCCSOOO)c1. The van der Waals surface area contributed by atoms with E-state index in [-0.39, 0.29) is 56.4 Å². The molecule has 2 unspecified atom stereocenters. The molecular weight excluding hydrogens is 2000 g/mol. The number of ether oxygens (including phenoxy) is 10. The Morgan fingerprint density at radius 2 is 0.747 bits per heavy atom. The highest BCUT2D eigenvalue weighted by atomic mass is 32.2. The topological polar surface area (TPSA) is 288 Å². The smallest absolute Gasteiger partial charge is 0.311 e. The zero-order valence-electron chi connectivity index (χ0n) is 91.6. The van der Waals surface area contributed by atoms with Gasteiger partial charge in [0.1, 0.15) is 63.3 Å². The lowest BCUT2D eigenvalue weighted by atomic mass is 9.75. The lowest BCUT2D eigenvalue weighted by Crippen LogP contribution is -2.31. The maximum absolute atomic E-state index is 15.0. The Kier molecular flexibility index (Phi) is 46.5. The molecule has 0 aliphatic rings. The summed E-state index contributed by atoms with van der Waals surface area (Å²) >= 11 is 0.968. The zero-order chi connectivity index (χ0) is 109. The van der Waals surface area contributed by atoms with E-state index in [2.05, 4.69) is 158 Å². The summed E-state index contributed by atoms with van der Waals surface area (Å²) in [4.78, 5) is 27.8. The summed E-state index contributed by atoms with van der Waals surface area (Å²) in [6.45, 7) is 37.9. The van der Waals surface area contributed by atoms with E-state index in [1.165, 1.54) is 62.6 Å². The lowest BCUT2D eigenvalue weighted by Gasteiger charge is -2.30. The van der Waals surface area contributed by atoms with Gasteiger partial charge in [-0.25, -0.2) is 22.1 Å². The van der Waals surface area contributed by atoms with Crippen LogP contribution in [0.15, 0.2) is 262 Å². The second-order valence-corrected chi connectivity index (χ2v) is 59.4. The minimum atomic E-state index is -4.22. The van der Waals surface area contributed by atoms with Crippen molar-refractivity contribution in [3.05, 3.63) is 299 Å². The van der Waals surface area contributed by atoms with Gasteiger partial charge in [-0.2, -0.15) is 8.42 Å². The Labute approximate surface area is 901 Å². The van der Waals surface area contributed by atoms with Crippen molar-refractivity contribution in [2.45, 2.75) is 310 Å². The summed E-state index contributed by atoms with van der Waals surface area (Å²) in [5, 5.41) is 12.4. The number of methoxy groups -OCH3 is 3. The normalized spacial score (nSPS) is 12.9. The van der Waals surface area contributed by atoms with E-state index < -0.39 is 73.4 Å². The highest BCUT2D eigenvalue weighted by Crippen LogP contribution is 2.47. The van der Waals surface area contributed by atoms with Crippen molar-refractivity contribution in [3.63, 3.8) is 0 Å². The van der Waals surface area contributed by atoms with Crippen LogP contribution < -0.4 is 33.2 Å². The molecule has 150 heavy (non-hydrogen) atoms. The van der Waals surface area contributed by atoms with E-state index in [1.54, 1.807) is 116 Å². The summed E-state index contributed by atoms with van der Waals surface area (Å²) < 4.78 is 157. The number of esters is 2. The highest BCUT2D eigenvalue weighted by molar-refractivity contribution is 7.94. The van der Waals surface area contributed by atoms with Crippen LogP contribution in [0.5, 0.6) is 57.5 Å². The van der Waals surface area contributed by atoms with Gasteiger partial charge in [0, 0.05) is 28.6 Å². The minimum Gasteiger partial charge on any atom is -0.497 e. The van der Waals surface area contributed by atoms with Gasteiger partial charge in [0.15, 0.2) is 0 Å². The molecule has 0 saturated heterocycles. The summed E-state index contributed by atoms with van der Waals surface area (Å²) in [5.41, 5.74) is 7.04. The van der Waals surface area contributed by atoms with Gasteiger partial charge < -0.3 is 47.4 Å². The van der Waals surface area contributed by atoms with Crippen molar-refractivity contribution < 1.29 is 101 Å². The number of carbonyl (C=O) groups excluding carboxylic acids is 2. The van der Waals surface area contributed by atoms with E-state index >= 15 is 0 Å². The van der Waals surface area contributed by atoms with Gasteiger partial charge in [0.25, 0.3) is 10.1 Å². The Morgan fingerprint density at radius 1 is 0.400 bits per heavy atom. The van der Waals surface area contributed by atoms with E-state index in [9.17, 15) is 39.4 Å². The third kappa shape index (κ3) is 34.5. The molecular formula is C122H162O22S4Si2. The number of carbonyl (C=O) groups is 2. The van der Waals surface area contributed by atoms with Crippen LogP contribution in [-0.4, -0.2) is 122 Å². The number of allylic oxidation sites excluding steroid dienone is 2. The van der Waals surface area contributed by atoms with Gasteiger partial charge in [0.2, 0.25) is 19.7 Å². The standard InChI is InChI=1S/C122H162O22S4Si2/c1-20-102(21-2)136-74-32-30-28-29-31-33-75-139-113-70-50-98(84-94(113)46-48-96(88-119(9,10)117(123)134-18)90-40-34-44-107(86-90)137-76-38-78-145-144-143-125)121(13,14)101-53-73-116(95(85-101)47-49-97(89-120(11,12)118(124)135-19)91-41-35-45-108(87-91)138-77-39-79-146(126,127)128)142-106-60-68-112(69-61-106)148(131,132)111-66-58-105(59-67-111)141-115-72-52-100(83-93(115)43-37-81-150(25-6,26-7)27-8)122(15,16)99-51-71-114(92(82-99)42-36-80-149(22-3,23-4)24-5)140-104-56-64-110(65-57-104)147(129,130)109-62-54-103(133-17)55-63-109/h20-21,34-35,40-41,44-45,50-73,82-87,96-97,125H,1,22-33,36-39,42-43,46-49,74-81,88-89H2,2-19H3,(H,126,127,128)/b102-21+. The molecule has 0 bridgehead atoms. The van der Waals surface area contributed by atoms with Crippen LogP contribution in [0.25, 0.3) is 0 Å². The third-order valence-corrected chi connectivity index (χ3v) is 47.5. The number of unbranched alkanes of at least 4 members (excludes halogenated alkanes) is 5. The number of hydrogen-bond donors (Lipinski definition) is 2. The first-order valence-electron chi connectivity index (χ1n) is 53.4. The fraction of sp³-hybridized carbons (Fsp3) is 0.459. The van der Waals surface area contributed by atoms with Crippen LogP contribution in [-0.2, 0) is 99.5 Å². The molecule has 10 rings (SSSR count). The molecule has 0 radical (unpaired) electrons. The summed E-state index contributed by atoms with van der Waals surface area (Å²) in [7, 11) is -10.8. The predicted octanol–water partition coefficient (Wildman–Crippen LogP) is 31.2. The average molecular weight is 2170 g/mol. The van der Waals surface area contributed by atoms with Gasteiger partial charge in [-0.05, 0) is 337 Å². The Morgan fingerprint density at radius 3 is 1.10 bits per heavy atom. The molecule has 0 aromatic heterocycles. The number of benzene rings is 10. The Bertz CT molecular complexity index is 6360. The minimum absolute atomic E-state index is 0.0261. The van der Waals surface area contributed by atoms with Crippen LogP contribution in [0.4, 0.5) is 0 Å². The molecule has 0 saturated carbocycles. The third-order valence-electron chi connectivity index (χ3n) is 30.6. The van der Waals surface area contributed by atoms with Crippen molar-refractivity contribution in [2.75, 3.05) is 59.3 Å². The van der Waals surface area contributed by atoms with Crippen molar-refractivity contribution >= 4 is 69.9 Å². The van der Waals surface area contributed by atoms with Crippen LogP contribution in [0.3, 0.4) is 0 Å². The van der Waals surface area contributed by atoms with Gasteiger partial charge in [-0.3, -0.25) is 14.1 Å². The van der Waals surface area contributed by atoms with Crippen LogP contribution >= 0.6 is 12.0 Å². The quantitative estimate of drug-likeness (QED) is 0.00412. The highest BCUT2D eigenvalue weighted by Gasteiger charge is 2.38. The molecule has 2 N–H and O–H groups in total. The van der Waals surface area contributed by atoms with E-state index in [1.807, 2.05) is 83.2 Å². The monoisotopic (exact) mass is 2160 g/mol. The van der Waals surface area contributed by atoms with E-state index in [4.69, 9.17) is 52.6 Å².